The first-order valence-corrected chi connectivity index (χ1v) is 17.0. The van der Waals surface area contributed by atoms with E-state index < -0.39 is 35.5 Å². The third-order valence-electron chi connectivity index (χ3n) is 9.95. The van der Waals surface area contributed by atoms with Crippen molar-refractivity contribution in [2.24, 2.45) is 0 Å². The molecular formula is C32H30ClF3N8O3S. The van der Waals surface area contributed by atoms with Gasteiger partial charge in [-0.25, -0.2) is 22.9 Å². The second kappa shape index (κ2) is 11.8. The Labute approximate surface area is 282 Å². The van der Waals surface area contributed by atoms with Crippen molar-refractivity contribution in [3.8, 4) is 29.1 Å². The molecule has 11 nitrogen and oxygen atoms in total. The molecule has 4 fully saturated rings. The quantitative estimate of drug-likeness (QED) is 0.275. The number of nitrogens with zero attached hydrogens (tertiary/aromatic N) is 7. The smallest absolute Gasteiger partial charge is 0.321 e. The summed E-state index contributed by atoms with van der Waals surface area (Å²) in [5, 5.41) is 9.58. The van der Waals surface area contributed by atoms with Gasteiger partial charge in [0.25, 0.3) is 0 Å². The summed E-state index contributed by atoms with van der Waals surface area (Å²) in [4.78, 5) is 31.5. The molecule has 4 aliphatic heterocycles. The number of ether oxygens (including phenoxy) is 2. The summed E-state index contributed by atoms with van der Waals surface area (Å²) in [6, 6.07) is 5.40. The molecule has 0 aliphatic carbocycles. The normalized spacial score (nSPS) is 25.4. The number of benzene rings is 2. The molecule has 0 bridgehead atoms. The van der Waals surface area contributed by atoms with Gasteiger partial charge in [-0.3, -0.25) is 4.90 Å². The second-order valence-electron chi connectivity index (χ2n) is 12.8. The van der Waals surface area contributed by atoms with Crippen LogP contribution in [-0.4, -0.2) is 98.9 Å². The number of nitriles is 1. The third kappa shape index (κ3) is 5.12. The number of anilines is 1. The zero-order chi connectivity index (χ0) is 33.3. The molecule has 2 amide bonds. The first-order chi connectivity index (χ1) is 23.1. The summed E-state index contributed by atoms with van der Waals surface area (Å²) in [5.74, 6) is -1.35. The molecule has 4 atom stereocenters. The fraction of sp³-hybridized carbons (Fsp3) is 0.469. The number of likely N-dealkylation sites (tertiary alicyclic amines) is 2. The average molecular weight is 699 g/mol. The van der Waals surface area contributed by atoms with Gasteiger partial charge in [0.15, 0.2) is 10.9 Å². The van der Waals surface area contributed by atoms with Gasteiger partial charge in [0.1, 0.15) is 36.3 Å². The van der Waals surface area contributed by atoms with Gasteiger partial charge in [-0.15, -0.1) is 0 Å². The number of aromatic nitrogens is 3. The number of carbonyl (C=O) groups excluding carboxylic acids is 1. The number of hydrogen-bond donors (Lipinski definition) is 1. The highest BCUT2D eigenvalue weighted by Crippen LogP contribution is 2.44. The molecule has 4 aliphatic rings. The van der Waals surface area contributed by atoms with E-state index in [4.69, 9.17) is 26.8 Å². The van der Waals surface area contributed by atoms with Gasteiger partial charge in [-0.1, -0.05) is 22.9 Å². The predicted octanol–water partition coefficient (Wildman–Crippen LogP) is 5.55. The maximum absolute atomic E-state index is 16.7. The fourth-order valence-electron chi connectivity index (χ4n) is 7.48. The maximum atomic E-state index is 16.7. The number of carbonyl (C=O) groups is 1. The number of hydrogen-bond acceptors (Lipinski definition) is 10. The Balaban J connectivity index is 1.17. The molecule has 0 spiro atoms. The van der Waals surface area contributed by atoms with E-state index in [-0.39, 0.29) is 73.5 Å². The minimum Gasteiger partial charge on any atom is -0.472 e. The molecule has 1 unspecified atom stereocenters. The Kier molecular flexibility index (Phi) is 7.65. The van der Waals surface area contributed by atoms with Gasteiger partial charge >= 0.3 is 12.0 Å². The van der Waals surface area contributed by atoms with Crippen LogP contribution in [0, 0.1) is 23.0 Å². The predicted molar refractivity (Wildman–Crippen MR) is 173 cm³/mol. The molecule has 8 rings (SSSR count). The number of alkyl halides is 1. The number of nitrogen functional groups attached to an aromatic ring is 1. The molecule has 6 heterocycles. The van der Waals surface area contributed by atoms with Crippen molar-refractivity contribution >= 4 is 55.2 Å². The van der Waals surface area contributed by atoms with Crippen LogP contribution in [0.1, 0.15) is 32.1 Å². The lowest BCUT2D eigenvalue weighted by atomic mass is 9.95. The molecule has 0 radical (unpaired) electrons. The van der Waals surface area contributed by atoms with Crippen LogP contribution in [0.2, 0.25) is 5.02 Å². The van der Waals surface area contributed by atoms with E-state index in [2.05, 4.69) is 25.9 Å². The standard InChI is InChI=1S/C32H30ClF3N8O3S/c33-21-10-20-25(24(36)23(21)19-2-3-22(35)27-26(19)39-29(38)48-27)40-30(46-15-32-6-1-7-43(32)13-16(34)11-32)41-28(20)47-18-5-8-42(14-18)31(45)44-9-4-17(44)12-37/h2-3,10,16-18H,1,4-9,11,13-15H2,(H2,38,39)/t16-,17+,18?,32+/m1/s1. The number of amides is 2. The van der Waals surface area contributed by atoms with Gasteiger partial charge in [0, 0.05) is 43.6 Å². The van der Waals surface area contributed by atoms with Crippen molar-refractivity contribution in [3.05, 3.63) is 34.9 Å². The molecule has 2 aromatic carbocycles. The Bertz CT molecular complexity index is 2010. The monoisotopic (exact) mass is 698 g/mol. The Morgan fingerprint density at radius 2 is 2.02 bits per heavy atom. The van der Waals surface area contributed by atoms with Crippen LogP contribution < -0.4 is 15.2 Å². The maximum Gasteiger partial charge on any atom is 0.321 e. The first-order valence-electron chi connectivity index (χ1n) is 15.8. The van der Waals surface area contributed by atoms with Gasteiger partial charge < -0.3 is 25.0 Å². The lowest BCUT2D eigenvalue weighted by Crippen LogP contribution is -2.55. The van der Waals surface area contributed by atoms with Crippen LogP contribution in [0.5, 0.6) is 11.9 Å². The lowest BCUT2D eigenvalue weighted by Gasteiger charge is -2.38. The molecule has 250 valence electrons. The minimum absolute atomic E-state index is 0.00872. The molecule has 0 saturated carbocycles. The molecule has 4 saturated heterocycles. The first kappa shape index (κ1) is 31.2. The van der Waals surface area contributed by atoms with E-state index in [1.807, 2.05) is 0 Å². The second-order valence-corrected chi connectivity index (χ2v) is 14.3. The minimum atomic E-state index is -0.965. The summed E-state index contributed by atoms with van der Waals surface area (Å²) >= 11 is 7.68. The van der Waals surface area contributed by atoms with Crippen LogP contribution in [0.15, 0.2) is 18.2 Å². The average Bonchev–Trinajstić information content (AvgIpc) is 3.81. The highest BCUT2D eigenvalue weighted by atomic mass is 35.5. The fourth-order valence-corrected chi connectivity index (χ4v) is 8.54. The van der Waals surface area contributed by atoms with Gasteiger partial charge in [-0.2, -0.15) is 15.2 Å². The van der Waals surface area contributed by atoms with Crippen LogP contribution in [0.25, 0.3) is 32.2 Å². The van der Waals surface area contributed by atoms with Crippen molar-refractivity contribution in [1.29, 1.82) is 5.26 Å². The van der Waals surface area contributed by atoms with Crippen LogP contribution in [-0.2, 0) is 0 Å². The number of halogens is 4. The highest BCUT2D eigenvalue weighted by molar-refractivity contribution is 7.22. The van der Waals surface area contributed by atoms with E-state index >= 15 is 4.39 Å². The number of nitrogens with two attached hydrogens (primary N) is 1. The Hall–Kier alpha value is -4.13. The summed E-state index contributed by atoms with van der Waals surface area (Å²) in [7, 11) is 0. The summed E-state index contributed by atoms with van der Waals surface area (Å²) < 4.78 is 58.4. The Morgan fingerprint density at radius 3 is 2.81 bits per heavy atom. The van der Waals surface area contributed by atoms with Crippen LogP contribution >= 0.6 is 22.9 Å². The molecular weight excluding hydrogens is 669 g/mol. The van der Waals surface area contributed by atoms with Crippen molar-refractivity contribution < 1.29 is 27.4 Å². The van der Waals surface area contributed by atoms with Crippen molar-refractivity contribution in [3.63, 3.8) is 0 Å². The van der Waals surface area contributed by atoms with Gasteiger partial charge in [-0.05, 0) is 44.0 Å². The zero-order valence-electron chi connectivity index (χ0n) is 25.6. The van der Waals surface area contributed by atoms with Crippen molar-refractivity contribution in [2.75, 3.05) is 45.1 Å². The summed E-state index contributed by atoms with van der Waals surface area (Å²) in [5.41, 5.74) is 5.59. The van der Waals surface area contributed by atoms with E-state index in [9.17, 15) is 18.8 Å². The van der Waals surface area contributed by atoms with E-state index in [1.165, 1.54) is 23.1 Å². The molecule has 16 heteroatoms. The van der Waals surface area contributed by atoms with Crippen LogP contribution in [0.4, 0.5) is 23.1 Å². The largest absolute Gasteiger partial charge is 0.472 e. The molecule has 2 aromatic heterocycles. The lowest BCUT2D eigenvalue weighted by molar-refractivity contribution is 0.104. The summed E-state index contributed by atoms with van der Waals surface area (Å²) in [6.45, 7) is 2.38. The number of urea groups is 1. The third-order valence-corrected chi connectivity index (χ3v) is 11.1. The topological polar surface area (TPSA) is 134 Å². The van der Waals surface area contributed by atoms with Crippen molar-refractivity contribution in [1.82, 2.24) is 29.7 Å². The van der Waals surface area contributed by atoms with E-state index in [0.717, 1.165) is 30.7 Å². The molecule has 48 heavy (non-hydrogen) atoms. The Morgan fingerprint density at radius 1 is 1.17 bits per heavy atom. The summed E-state index contributed by atoms with van der Waals surface area (Å²) in [6.07, 6.45) is 1.65. The van der Waals surface area contributed by atoms with E-state index in [1.54, 1.807) is 4.90 Å². The highest BCUT2D eigenvalue weighted by Gasteiger charge is 2.49. The van der Waals surface area contributed by atoms with Crippen LogP contribution in [0.3, 0.4) is 0 Å². The SMILES string of the molecule is N#C[C@@H]1CCN1C(=O)N1CCC(Oc2nc(OC[C@@]34CCCN3C[C@H](F)C4)nc3c(F)c(-c4ccc(F)c5sc(N)nc45)c(Cl)cc23)C1. The van der Waals surface area contributed by atoms with Gasteiger partial charge in [0.05, 0.1) is 38.8 Å². The number of fused-ring (bicyclic) bond motifs is 3. The van der Waals surface area contributed by atoms with Crippen molar-refractivity contribution in [2.45, 2.75) is 56.0 Å². The number of thiazole rings is 1. The molecule has 4 aromatic rings. The zero-order valence-corrected chi connectivity index (χ0v) is 27.2. The molecule has 2 N–H and O–H groups in total. The van der Waals surface area contributed by atoms with Gasteiger partial charge in [0.2, 0.25) is 5.88 Å². The number of rotatable bonds is 6. The van der Waals surface area contributed by atoms with E-state index in [0.29, 0.717) is 38.9 Å².